The summed E-state index contributed by atoms with van der Waals surface area (Å²) in [4.78, 5) is 0. The maximum atomic E-state index is 5.70. The van der Waals surface area contributed by atoms with Crippen LogP contribution < -0.4 is 11.5 Å². The summed E-state index contributed by atoms with van der Waals surface area (Å²) in [6, 6.07) is 0. The number of hydrogen-bond donors (Lipinski definition) is 2. The van der Waals surface area contributed by atoms with Crippen molar-refractivity contribution in [2.24, 2.45) is 17.4 Å². The van der Waals surface area contributed by atoms with Gasteiger partial charge in [-0.2, -0.15) is 0 Å². The van der Waals surface area contributed by atoms with Crippen LogP contribution in [0.4, 0.5) is 0 Å². The standard InChI is InChI=1S/C16H36N2O/c1-4-16(17,18)19-14-12-10-8-6-5-7-9-11-13-15(2)3/h15H,4-14,17-18H2,1-3H3. The van der Waals surface area contributed by atoms with E-state index in [2.05, 4.69) is 13.8 Å². The molecule has 0 aliphatic carbocycles. The predicted molar refractivity (Wildman–Crippen MR) is 83.7 cm³/mol. The van der Waals surface area contributed by atoms with Crippen molar-refractivity contribution in [1.82, 2.24) is 0 Å². The molecule has 0 rings (SSSR count). The zero-order chi connectivity index (χ0) is 14.6. The molecule has 0 unspecified atom stereocenters. The number of ether oxygens (including phenoxy) is 1. The molecule has 0 aliphatic rings. The average molecular weight is 272 g/mol. The van der Waals surface area contributed by atoms with Crippen LogP contribution in [0.1, 0.15) is 85.0 Å². The van der Waals surface area contributed by atoms with Crippen LogP contribution in [0.15, 0.2) is 0 Å². The van der Waals surface area contributed by atoms with Crippen molar-refractivity contribution in [2.75, 3.05) is 6.61 Å². The first-order valence-corrected chi connectivity index (χ1v) is 8.19. The predicted octanol–water partition coefficient (Wildman–Crippen LogP) is 4.15. The third-order valence-corrected chi connectivity index (χ3v) is 3.60. The van der Waals surface area contributed by atoms with Crippen molar-refractivity contribution in [1.29, 1.82) is 0 Å². The Morgan fingerprint density at radius 2 is 1.32 bits per heavy atom. The molecule has 0 amide bonds. The summed E-state index contributed by atoms with van der Waals surface area (Å²) in [6.07, 6.45) is 12.6. The molecule has 0 fully saturated rings. The van der Waals surface area contributed by atoms with Crippen LogP contribution >= 0.6 is 0 Å². The van der Waals surface area contributed by atoms with Gasteiger partial charge in [0.25, 0.3) is 0 Å². The van der Waals surface area contributed by atoms with Crippen LogP contribution in [0.5, 0.6) is 0 Å². The maximum Gasteiger partial charge on any atom is 0.169 e. The van der Waals surface area contributed by atoms with Gasteiger partial charge >= 0.3 is 0 Å². The summed E-state index contributed by atoms with van der Waals surface area (Å²) in [5.41, 5.74) is 11.4. The van der Waals surface area contributed by atoms with E-state index in [0.717, 1.165) is 12.3 Å². The van der Waals surface area contributed by atoms with E-state index in [4.69, 9.17) is 16.2 Å². The molecule has 0 aromatic rings. The van der Waals surface area contributed by atoms with Gasteiger partial charge in [-0.05, 0) is 12.3 Å². The van der Waals surface area contributed by atoms with Gasteiger partial charge in [0.05, 0.1) is 6.61 Å². The summed E-state index contributed by atoms with van der Waals surface area (Å²) in [6.45, 7) is 7.24. The van der Waals surface area contributed by atoms with Crippen molar-refractivity contribution in [3.05, 3.63) is 0 Å². The highest BCUT2D eigenvalue weighted by molar-refractivity contribution is 4.60. The molecule has 0 heterocycles. The number of rotatable bonds is 13. The third kappa shape index (κ3) is 14.1. The molecule has 0 aromatic heterocycles. The molecule has 0 saturated carbocycles. The molecule has 116 valence electrons. The number of nitrogens with two attached hydrogens (primary N) is 2. The Morgan fingerprint density at radius 1 is 0.842 bits per heavy atom. The first kappa shape index (κ1) is 18.9. The molecule has 3 nitrogen and oxygen atoms in total. The van der Waals surface area contributed by atoms with E-state index in [-0.39, 0.29) is 0 Å². The van der Waals surface area contributed by atoms with E-state index in [9.17, 15) is 0 Å². The summed E-state index contributed by atoms with van der Waals surface area (Å²) < 4.78 is 5.42. The quantitative estimate of drug-likeness (QED) is 0.391. The fraction of sp³-hybridized carbons (Fsp3) is 1.00. The van der Waals surface area contributed by atoms with E-state index in [1.54, 1.807) is 0 Å². The summed E-state index contributed by atoms with van der Waals surface area (Å²) in [5, 5.41) is 0. The number of unbranched alkanes of at least 4 members (excludes halogenated alkanes) is 7. The monoisotopic (exact) mass is 272 g/mol. The van der Waals surface area contributed by atoms with Crippen LogP contribution in [0.25, 0.3) is 0 Å². The van der Waals surface area contributed by atoms with E-state index < -0.39 is 5.85 Å². The topological polar surface area (TPSA) is 61.3 Å². The Hall–Kier alpha value is -0.120. The molecule has 0 bridgehead atoms. The minimum absolute atomic E-state index is 0.656. The Kier molecular flexibility index (Phi) is 11.6. The van der Waals surface area contributed by atoms with Gasteiger partial charge in [0.1, 0.15) is 0 Å². The lowest BCUT2D eigenvalue weighted by molar-refractivity contribution is -0.0409. The van der Waals surface area contributed by atoms with Crippen LogP contribution in [0.3, 0.4) is 0 Å². The van der Waals surface area contributed by atoms with Crippen LogP contribution in [0.2, 0.25) is 0 Å². The van der Waals surface area contributed by atoms with E-state index >= 15 is 0 Å². The Bertz CT molecular complexity index is 193. The zero-order valence-electron chi connectivity index (χ0n) is 13.4. The summed E-state index contributed by atoms with van der Waals surface area (Å²) >= 11 is 0. The Balaban J connectivity index is 3.11. The lowest BCUT2D eigenvalue weighted by Gasteiger charge is -2.22. The Labute approximate surface area is 120 Å². The van der Waals surface area contributed by atoms with Crippen molar-refractivity contribution >= 4 is 0 Å². The first-order valence-electron chi connectivity index (χ1n) is 8.19. The van der Waals surface area contributed by atoms with Crippen molar-refractivity contribution < 1.29 is 4.74 Å². The van der Waals surface area contributed by atoms with Gasteiger partial charge in [0.15, 0.2) is 5.85 Å². The number of hydrogen-bond acceptors (Lipinski definition) is 3. The second-order valence-electron chi connectivity index (χ2n) is 6.17. The minimum atomic E-state index is -0.920. The van der Waals surface area contributed by atoms with Gasteiger partial charge in [-0.15, -0.1) is 0 Å². The molecule has 19 heavy (non-hydrogen) atoms. The van der Waals surface area contributed by atoms with E-state index in [0.29, 0.717) is 13.0 Å². The van der Waals surface area contributed by atoms with E-state index in [1.807, 2.05) is 6.92 Å². The molecule has 0 spiro atoms. The van der Waals surface area contributed by atoms with Gasteiger partial charge in [-0.25, -0.2) is 0 Å². The smallest absolute Gasteiger partial charge is 0.169 e. The second-order valence-corrected chi connectivity index (χ2v) is 6.17. The van der Waals surface area contributed by atoms with Gasteiger partial charge in [0, 0.05) is 6.42 Å². The highest BCUT2D eigenvalue weighted by Crippen LogP contribution is 2.12. The summed E-state index contributed by atoms with van der Waals surface area (Å²) in [7, 11) is 0. The van der Waals surface area contributed by atoms with Gasteiger partial charge in [0.2, 0.25) is 0 Å². The van der Waals surface area contributed by atoms with Gasteiger partial charge < -0.3 is 4.74 Å². The Morgan fingerprint density at radius 3 is 1.79 bits per heavy atom. The lowest BCUT2D eigenvalue weighted by atomic mass is 10.0. The maximum absolute atomic E-state index is 5.70. The normalized spacial score (nSPS) is 12.3. The molecule has 0 atom stereocenters. The second kappa shape index (κ2) is 11.7. The fourth-order valence-corrected chi connectivity index (χ4v) is 2.08. The van der Waals surface area contributed by atoms with Crippen molar-refractivity contribution in [3.8, 4) is 0 Å². The van der Waals surface area contributed by atoms with Crippen molar-refractivity contribution in [3.63, 3.8) is 0 Å². The van der Waals surface area contributed by atoms with Crippen LogP contribution in [-0.4, -0.2) is 12.5 Å². The molecular formula is C16H36N2O. The fourth-order valence-electron chi connectivity index (χ4n) is 2.08. The van der Waals surface area contributed by atoms with Crippen LogP contribution in [0, 0.1) is 5.92 Å². The molecule has 3 heteroatoms. The first-order chi connectivity index (χ1) is 8.98. The highest BCUT2D eigenvalue weighted by Gasteiger charge is 2.15. The van der Waals surface area contributed by atoms with Gasteiger partial charge in [-0.1, -0.05) is 72.1 Å². The average Bonchev–Trinajstić information content (AvgIpc) is 2.35. The third-order valence-electron chi connectivity index (χ3n) is 3.60. The van der Waals surface area contributed by atoms with Crippen molar-refractivity contribution in [2.45, 2.75) is 90.8 Å². The highest BCUT2D eigenvalue weighted by atomic mass is 16.5. The summed E-state index contributed by atoms with van der Waals surface area (Å²) in [5.74, 6) is -0.0588. The molecule has 0 saturated heterocycles. The lowest BCUT2D eigenvalue weighted by Crippen LogP contribution is -2.51. The van der Waals surface area contributed by atoms with Crippen LogP contribution in [-0.2, 0) is 4.74 Å². The zero-order valence-corrected chi connectivity index (χ0v) is 13.4. The SMILES string of the molecule is CCC(N)(N)OCCCCCCCCCCC(C)C. The largest absolute Gasteiger partial charge is 0.348 e. The van der Waals surface area contributed by atoms with Gasteiger partial charge in [-0.3, -0.25) is 11.5 Å². The molecule has 0 aromatic carbocycles. The molecule has 0 radical (unpaired) electrons. The molecular weight excluding hydrogens is 236 g/mol. The van der Waals surface area contributed by atoms with E-state index in [1.165, 1.54) is 51.4 Å². The molecule has 0 aliphatic heterocycles. The minimum Gasteiger partial charge on any atom is -0.348 e. The molecule has 4 N–H and O–H groups in total.